The van der Waals surface area contributed by atoms with Crippen molar-refractivity contribution in [2.75, 3.05) is 12.4 Å². The number of rotatable bonds is 3. The molecule has 0 heterocycles. The SMILES string of the molecule is C=C(C=O)c1ccccc1NC. The number of carbonyl (C=O) groups excluding carboxylic acids is 1. The third kappa shape index (κ3) is 1.53. The zero-order chi connectivity index (χ0) is 8.97. The van der Waals surface area contributed by atoms with Gasteiger partial charge in [0.2, 0.25) is 0 Å². The fourth-order valence-electron chi connectivity index (χ4n) is 1.04. The Morgan fingerprint density at radius 3 is 2.75 bits per heavy atom. The largest absolute Gasteiger partial charge is 0.388 e. The lowest BCUT2D eigenvalue weighted by atomic mass is 10.1. The van der Waals surface area contributed by atoms with Crippen molar-refractivity contribution >= 4 is 17.5 Å². The number of aldehydes is 1. The minimum Gasteiger partial charge on any atom is -0.388 e. The second-order valence-electron chi connectivity index (χ2n) is 2.44. The molecule has 0 atom stereocenters. The van der Waals surface area contributed by atoms with Gasteiger partial charge in [-0.15, -0.1) is 0 Å². The Kier molecular flexibility index (Phi) is 2.64. The first kappa shape index (κ1) is 8.53. The molecule has 0 aliphatic carbocycles. The van der Waals surface area contributed by atoms with Crippen LogP contribution in [-0.4, -0.2) is 13.3 Å². The second-order valence-corrected chi connectivity index (χ2v) is 2.44. The number of para-hydroxylation sites is 1. The number of nitrogens with one attached hydrogen (secondary N) is 1. The van der Waals surface area contributed by atoms with Crippen LogP contribution < -0.4 is 5.32 Å². The number of anilines is 1. The molecule has 0 amide bonds. The fourth-order valence-corrected chi connectivity index (χ4v) is 1.04. The van der Waals surface area contributed by atoms with Crippen molar-refractivity contribution < 1.29 is 4.79 Å². The van der Waals surface area contributed by atoms with Crippen LogP contribution in [0.1, 0.15) is 5.56 Å². The normalized spacial score (nSPS) is 9.08. The van der Waals surface area contributed by atoms with Crippen molar-refractivity contribution in [1.82, 2.24) is 0 Å². The first-order valence-corrected chi connectivity index (χ1v) is 3.71. The number of allylic oxidation sites excluding steroid dienone is 1. The molecule has 62 valence electrons. The zero-order valence-electron chi connectivity index (χ0n) is 7.00. The van der Waals surface area contributed by atoms with Crippen molar-refractivity contribution in [1.29, 1.82) is 0 Å². The van der Waals surface area contributed by atoms with Crippen LogP contribution in [0.25, 0.3) is 5.57 Å². The Morgan fingerprint density at radius 1 is 1.50 bits per heavy atom. The molecule has 2 heteroatoms. The van der Waals surface area contributed by atoms with E-state index in [0.29, 0.717) is 5.57 Å². The Bertz CT molecular complexity index is 304. The van der Waals surface area contributed by atoms with Crippen LogP contribution in [0.15, 0.2) is 30.8 Å². The van der Waals surface area contributed by atoms with Crippen molar-refractivity contribution in [2.45, 2.75) is 0 Å². The molecular weight excluding hydrogens is 150 g/mol. The van der Waals surface area contributed by atoms with Crippen LogP contribution in [0.4, 0.5) is 5.69 Å². The molecule has 0 unspecified atom stereocenters. The quantitative estimate of drug-likeness (QED) is 0.542. The number of hydrogen-bond donors (Lipinski definition) is 1. The maximum atomic E-state index is 10.4. The minimum atomic E-state index is 0.500. The Labute approximate surface area is 71.9 Å². The van der Waals surface area contributed by atoms with E-state index in [2.05, 4.69) is 11.9 Å². The highest BCUT2D eigenvalue weighted by Gasteiger charge is 2.01. The smallest absolute Gasteiger partial charge is 0.150 e. The van der Waals surface area contributed by atoms with Gasteiger partial charge in [-0.2, -0.15) is 0 Å². The van der Waals surface area contributed by atoms with Gasteiger partial charge in [0.25, 0.3) is 0 Å². The molecule has 2 nitrogen and oxygen atoms in total. The van der Waals surface area contributed by atoms with Gasteiger partial charge in [0.1, 0.15) is 6.29 Å². The van der Waals surface area contributed by atoms with E-state index in [1.165, 1.54) is 0 Å². The van der Waals surface area contributed by atoms with E-state index in [0.717, 1.165) is 17.5 Å². The lowest BCUT2D eigenvalue weighted by Gasteiger charge is -2.06. The van der Waals surface area contributed by atoms with Crippen molar-refractivity contribution in [3.05, 3.63) is 36.4 Å². The first-order valence-electron chi connectivity index (χ1n) is 3.71. The van der Waals surface area contributed by atoms with Crippen molar-refractivity contribution in [3.8, 4) is 0 Å². The molecule has 0 radical (unpaired) electrons. The third-order valence-electron chi connectivity index (χ3n) is 1.68. The molecule has 12 heavy (non-hydrogen) atoms. The van der Waals surface area contributed by atoms with Crippen LogP contribution in [0.3, 0.4) is 0 Å². The average molecular weight is 161 g/mol. The van der Waals surface area contributed by atoms with Gasteiger partial charge in [0.05, 0.1) is 0 Å². The van der Waals surface area contributed by atoms with Crippen molar-refractivity contribution in [2.24, 2.45) is 0 Å². The summed E-state index contributed by atoms with van der Waals surface area (Å²) >= 11 is 0. The van der Waals surface area contributed by atoms with E-state index in [-0.39, 0.29) is 0 Å². The van der Waals surface area contributed by atoms with Gasteiger partial charge in [-0.3, -0.25) is 4.79 Å². The molecular formula is C10H11NO. The Morgan fingerprint density at radius 2 is 2.17 bits per heavy atom. The van der Waals surface area contributed by atoms with Gasteiger partial charge in [0, 0.05) is 23.9 Å². The molecule has 1 rings (SSSR count). The standard InChI is InChI=1S/C10H11NO/c1-8(7-12)9-5-3-4-6-10(9)11-2/h3-7,11H,1H2,2H3. The highest BCUT2D eigenvalue weighted by molar-refractivity contribution is 6.08. The number of carbonyl (C=O) groups is 1. The molecule has 0 spiro atoms. The molecule has 1 aromatic carbocycles. The van der Waals surface area contributed by atoms with E-state index < -0.39 is 0 Å². The van der Waals surface area contributed by atoms with Crippen LogP contribution in [0, 0.1) is 0 Å². The van der Waals surface area contributed by atoms with Gasteiger partial charge in [-0.1, -0.05) is 24.8 Å². The van der Waals surface area contributed by atoms with Gasteiger partial charge >= 0.3 is 0 Å². The Balaban J connectivity index is 3.13. The first-order chi connectivity index (χ1) is 5.79. The van der Waals surface area contributed by atoms with Crippen LogP contribution in [-0.2, 0) is 4.79 Å². The van der Waals surface area contributed by atoms with Gasteiger partial charge in [-0.25, -0.2) is 0 Å². The highest BCUT2D eigenvalue weighted by atomic mass is 16.1. The predicted octanol–water partition coefficient (Wildman–Crippen LogP) is 1.94. The van der Waals surface area contributed by atoms with Gasteiger partial charge in [-0.05, 0) is 6.07 Å². The lowest BCUT2D eigenvalue weighted by molar-refractivity contribution is -0.103. The molecule has 0 aliphatic heterocycles. The van der Waals surface area contributed by atoms with E-state index in [4.69, 9.17) is 0 Å². The average Bonchev–Trinajstić information content (AvgIpc) is 2.16. The maximum Gasteiger partial charge on any atom is 0.150 e. The molecule has 0 aromatic heterocycles. The third-order valence-corrected chi connectivity index (χ3v) is 1.68. The monoisotopic (exact) mass is 161 g/mol. The lowest BCUT2D eigenvalue weighted by Crippen LogP contribution is -1.94. The second kappa shape index (κ2) is 3.72. The molecule has 0 bridgehead atoms. The molecule has 0 aliphatic rings. The van der Waals surface area contributed by atoms with Crippen molar-refractivity contribution in [3.63, 3.8) is 0 Å². The summed E-state index contributed by atoms with van der Waals surface area (Å²) in [6.45, 7) is 3.64. The van der Waals surface area contributed by atoms with Crippen LogP contribution >= 0.6 is 0 Å². The topological polar surface area (TPSA) is 29.1 Å². The van der Waals surface area contributed by atoms with Crippen LogP contribution in [0.5, 0.6) is 0 Å². The molecule has 0 fully saturated rings. The summed E-state index contributed by atoms with van der Waals surface area (Å²) in [5.74, 6) is 0. The summed E-state index contributed by atoms with van der Waals surface area (Å²) in [7, 11) is 1.82. The van der Waals surface area contributed by atoms with Gasteiger partial charge in [0.15, 0.2) is 0 Å². The fraction of sp³-hybridized carbons (Fsp3) is 0.100. The maximum absolute atomic E-state index is 10.4. The molecule has 0 saturated carbocycles. The molecule has 1 N–H and O–H groups in total. The van der Waals surface area contributed by atoms with E-state index in [1.807, 2.05) is 31.3 Å². The van der Waals surface area contributed by atoms with E-state index >= 15 is 0 Å². The minimum absolute atomic E-state index is 0.500. The molecule has 1 aromatic rings. The van der Waals surface area contributed by atoms with Crippen LogP contribution in [0.2, 0.25) is 0 Å². The van der Waals surface area contributed by atoms with E-state index in [9.17, 15) is 4.79 Å². The summed E-state index contributed by atoms with van der Waals surface area (Å²) in [5, 5.41) is 2.99. The predicted molar refractivity (Wildman–Crippen MR) is 51.1 cm³/mol. The number of hydrogen-bond acceptors (Lipinski definition) is 2. The zero-order valence-corrected chi connectivity index (χ0v) is 7.00. The summed E-state index contributed by atoms with van der Waals surface area (Å²) in [5.41, 5.74) is 2.28. The summed E-state index contributed by atoms with van der Waals surface area (Å²) < 4.78 is 0. The number of benzene rings is 1. The Hall–Kier alpha value is -1.57. The summed E-state index contributed by atoms with van der Waals surface area (Å²) in [6.07, 6.45) is 0.760. The summed E-state index contributed by atoms with van der Waals surface area (Å²) in [6, 6.07) is 7.56. The van der Waals surface area contributed by atoms with Gasteiger partial charge < -0.3 is 5.32 Å². The summed E-state index contributed by atoms with van der Waals surface area (Å²) in [4.78, 5) is 10.4. The highest BCUT2D eigenvalue weighted by Crippen LogP contribution is 2.19. The van der Waals surface area contributed by atoms with E-state index in [1.54, 1.807) is 0 Å². The molecule has 0 saturated heterocycles.